The Kier molecular flexibility index (Phi) is 5.00. The van der Waals surface area contributed by atoms with E-state index >= 15 is 0 Å². The Hall–Kier alpha value is -2.98. The number of likely N-dealkylation sites (tertiary alicyclic amines) is 1. The number of piperidine rings is 1. The molecule has 1 saturated heterocycles. The van der Waals surface area contributed by atoms with Gasteiger partial charge in [0.1, 0.15) is 23.9 Å². The predicted molar refractivity (Wildman–Crippen MR) is 97.5 cm³/mol. The van der Waals surface area contributed by atoms with Crippen molar-refractivity contribution >= 4 is 22.8 Å². The molecule has 0 saturated carbocycles. The number of aliphatic hydroxyl groups is 9. The number of fused-ring (bicyclic) bond motifs is 1. The van der Waals surface area contributed by atoms with E-state index in [0.717, 1.165) is 20.3 Å². The minimum Gasteiger partial charge on any atom is -0.364 e. The molecule has 2 aromatic heterocycles. The van der Waals surface area contributed by atoms with Gasteiger partial charge in [-0.1, -0.05) is 6.92 Å². The van der Waals surface area contributed by atoms with Gasteiger partial charge < -0.3 is 55.8 Å². The number of rotatable bonds is 3. The van der Waals surface area contributed by atoms with Gasteiger partial charge in [-0.15, -0.1) is 0 Å². The number of hydrogen-bond acceptors (Lipinski definition) is 14. The number of aromatic nitrogens is 3. The summed E-state index contributed by atoms with van der Waals surface area (Å²) in [6.07, 6.45) is 2.41. The van der Waals surface area contributed by atoms with Gasteiger partial charge in [0.25, 0.3) is 0 Å². The van der Waals surface area contributed by atoms with E-state index in [0.29, 0.717) is 11.0 Å². The number of nitrogens with zero attached hydrogens (tertiary/aromatic N) is 5. The summed E-state index contributed by atoms with van der Waals surface area (Å²) < 4.78 is 0. The van der Waals surface area contributed by atoms with Crippen LogP contribution in [-0.4, -0.2) is 108 Å². The molecule has 2 unspecified atom stereocenters. The number of nitriles is 1. The second-order valence-corrected chi connectivity index (χ2v) is 7.37. The number of likely N-dealkylation sites (N-methyl/N-ethyl adjacent to an activating group) is 1. The maximum absolute atomic E-state index is 12.5. The first-order valence-corrected chi connectivity index (χ1v) is 8.78. The maximum atomic E-state index is 12.5. The van der Waals surface area contributed by atoms with E-state index in [4.69, 9.17) is 5.26 Å². The molecule has 1 aliphatic rings. The molecule has 1 fully saturated rings. The van der Waals surface area contributed by atoms with Crippen molar-refractivity contribution in [3.8, 4) is 6.07 Å². The monoisotopic (exact) mass is 456 g/mol. The Balaban J connectivity index is 2.30. The highest BCUT2D eigenvalue weighted by molar-refractivity contribution is 5.89. The van der Waals surface area contributed by atoms with Crippen molar-refractivity contribution in [3.05, 3.63) is 18.6 Å². The van der Waals surface area contributed by atoms with Crippen LogP contribution in [0.25, 0.3) is 11.0 Å². The molecule has 0 radical (unpaired) electrons. The lowest BCUT2D eigenvalue weighted by molar-refractivity contribution is -0.529. The molecular formula is C16H20N6O10. The van der Waals surface area contributed by atoms with Crippen molar-refractivity contribution in [1.82, 2.24) is 19.9 Å². The number of anilines is 1. The molecule has 0 aliphatic carbocycles. The number of aromatic amines is 1. The zero-order valence-electron chi connectivity index (χ0n) is 16.5. The number of nitrogens with one attached hydrogen (secondary N) is 1. The van der Waals surface area contributed by atoms with Crippen molar-refractivity contribution in [3.63, 3.8) is 0 Å². The first-order chi connectivity index (χ1) is 14.5. The molecule has 3 heterocycles. The van der Waals surface area contributed by atoms with E-state index in [9.17, 15) is 50.8 Å². The summed E-state index contributed by atoms with van der Waals surface area (Å²) >= 11 is 0. The fraction of sp³-hybridized carbons (Fsp3) is 0.500. The van der Waals surface area contributed by atoms with E-state index < -0.39 is 45.8 Å². The number of hydrogen-bond donors (Lipinski definition) is 10. The maximum Gasteiger partial charge on any atom is 0.336 e. The fourth-order valence-electron chi connectivity index (χ4n) is 3.70. The Morgan fingerprint density at radius 1 is 1.19 bits per heavy atom. The van der Waals surface area contributed by atoms with Gasteiger partial charge in [0.2, 0.25) is 11.5 Å². The van der Waals surface area contributed by atoms with Crippen molar-refractivity contribution < 1.29 is 50.8 Å². The third-order valence-corrected chi connectivity index (χ3v) is 5.64. The van der Waals surface area contributed by atoms with Gasteiger partial charge in [0.05, 0.1) is 11.3 Å². The van der Waals surface area contributed by atoms with E-state index in [1.165, 1.54) is 12.3 Å². The SMILES string of the molecule is CC1C(O)(O)C(O)(O)N(C(=O)C(O)(O)C#N)C(O)(O)C1(O)N(C)c1ncnc2[nH]ccc12. The minimum atomic E-state index is -4.36. The normalized spacial score (nSPS) is 26.6. The van der Waals surface area contributed by atoms with Gasteiger partial charge in [0, 0.05) is 13.2 Å². The molecule has 1 aliphatic heterocycles. The second kappa shape index (κ2) is 6.76. The Morgan fingerprint density at radius 3 is 2.34 bits per heavy atom. The van der Waals surface area contributed by atoms with E-state index in [1.807, 2.05) is 0 Å². The molecule has 174 valence electrons. The highest BCUT2D eigenvalue weighted by atomic mass is 16.7. The smallest absolute Gasteiger partial charge is 0.336 e. The third kappa shape index (κ3) is 2.72. The van der Waals surface area contributed by atoms with Crippen molar-refractivity contribution in [2.45, 2.75) is 36.0 Å². The quantitative estimate of drug-likeness (QED) is 0.153. The van der Waals surface area contributed by atoms with Crippen molar-refractivity contribution in [2.24, 2.45) is 5.92 Å². The van der Waals surface area contributed by atoms with Crippen LogP contribution in [0, 0.1) is 17.2 Å². The fourth-order valence-corrected chi connectivity index (χ4v) is 3.70. The molecule has 2 atom stereocenters. The molecule has 2 aromatic rings. The molecule has 0 spiro atoms. The van der Waals surface area contributed by atoms with Crippen LogP contribution in [0.15, 0.2) is 18.6 Å². The number of carbonyl (C=O) groups excluding carboxylic acids is 1. The van der Waals surface area contributed by atoms with Crippen molar-refractivity contribution in [2.75, 3.05) is 11.9 Å². The Labute approximate surface area is 178 Å². The standard InChI is InChI=1S/C16H20N6O10/c1-7-13(26,21(2)10-8-3-4-18-9(8)19-6-20-10)15(29,30)22(11(23)12(24,25)5-17)16(31,32)14(7,27)28/h3-4,6-7,24-32H,1-2H3,(H,18,19,20). The van der Waals surface area contributed by atoms with Crippen LogP contribution >= 0.6 is 0 Å². The molecule has 32 heavy (non-hydrogen) atoms. The van der Waals surface area contributed by atoms with Crippen LogP contribution in [-0.2, 0) is 4.79 Å². The van der Waals surface area contributed by atoms with Gasteiger partial charge in [-0.2, -0.15) is 5.26 Å². The summed E-state index contributed by atoms with van der Waals surface area (Å²) in [6.45, 7) is 0.756. The zero-order valence-corrected chi connectivity index (χ0v) is 16.5. The minimum absolute atomic E-state index is 0.173. The van der Waals surface area contributed by atoms with Gasteiger partial charge in [0.15, 0.2) is 0 Å². The molecule has 16 nitrogen and oxygen atoms in total. The second-order valence-electron chi connectivity index (χ2n) is 7.37. The first-order valence-electron chi connectivity index (χ1n) is 8.78. The number of H-pyrrole nitrogens is 1. The van der Waals surface area contributed by atoms with Crippen LogP contribution in [0.2, 0.25) is 0 Å². The lowest BCUT2D eigenvalue weighted by Gasteiger charge is -2.62. The van der Waals surface area contributed by atoms with Crippen LogP contribution in [0.1, 0.15) is 6.92 Å². The summed E-state index contributed by atoms with van der Waals surface area (Å²) in [5.41, 5.74) is -3.24. The largest absolute Gasteiger partial charge is 0.364 e. The lowest BCUT2D eigenvalue weighted by Crippen LogP contribution is -2.90. The molecule has 1 amide bonds. The first kappa shape index (κ1) is 23.7. The summed E-state index contributed by atoms with van der Waals surface area (Å²) in [7, 11) is 0.975. The molecule has 10 N–H and O–H groups in total. The molecule has 3 rings (SSSR count). The van der Waals surface area contributed by atoms with Gasteiger partial charge >= 0.3 is 23.5 Å². The number of amides is 1. The van der Waals surface area contributed by atoms with Gasteiger partial charge in [-0.25, -0.2) is 14.9 Å². The third-order valence-electron chi connectivity index (χ3n) is 5.64. The van der Waals surface area contributed by atoms with E-state index in [-0.39, 0.29) is 16.9 Å². The van der Waals surface area contributed by atoms with Gasteiger partial charge in [-0.3, -0.25) is 4.79 Å². The van der Waals surface area contributed by atoms with Crippen LogP contribution in [0.4, 0.5) is 5.82 Å². The molecule has 16 heteroatoms. The highest BCUT2D eigenvalue weighted by Crippen LogP contribution is 2.51. The topological polar surface area (TPSA) is 271 Å². The average Bonchev–Trinajstić information content (AvgIpc) is 3.19. The van der Waals surface area contributed by atoms with E-state index in [2.05, 4.69) is 15.0 Å². The summed E-state index contributed by atoms with van der Waals surface area (Å²) in [6, 6.07) is 2.06. The highest BCUT2D eigenvalue weighted by Gasteiger charge is 2.80. The zero-order chi connectivity index (χ0) is 24.5. The molecular weight excluding hydrogens is 436 g/mol. The summed E-state index contributed by atoms with van der Waals surface area (Å²) in [5.74, 6) is -21.7. The predicted octanol–water partition coefficient (Wildman–Crippen LogP) is -5.28. The van der Waals surface area contributed by atoms with E-state index in [1.54, 1.807) is 0 Å². The average molecular weight is 456 g/mol. The summed E-state index contributed by atoms with van der Waals surface area (Å²) in [5, 5.41) is 103. The Bertz CT molecular complexity index is 1110. The van der Waals surface area contributed by atoms with Crippen LogP contribution in [0.3, 0.4) is 0 Å². The Morgan fingerprint density at radius 2 is 1.78 bits per heavy atom. The molecule has 0 aromatic carbocycles. The lowest BCUT2D eigenvalue weighted by atomic mass is 9.77. The number of carbonyl (C=O) groups is 1. The van der Waals surface area contributed by atoms with Gasteiger partial charge in [-0.05, 0) is 6.07 Å². The summed E-state index contributed by atoms with van der Waals surface area (Å²) in [4.78, 5) is 22.5. The van der Waals surface area contributed by atoms with Crippen LogP contribution < -0.4 is 4.90 Å². The molecule has 0 bridgehead atoms. The van der Waals surface area contributed by atoms with Crippen molar-refractivity contribution in [1.29, 1.82) is 5.26 Å². The van der Waals surface area contributed by atoms with Crippen LogP contribution in [0.5, 0.6) is 0 Å².